The lowest BCUT2D eigenvalue weighted by Gasteiger charge is -2.36. The maximum absolute atomic E-state index is 13.3. The van der Waals surface area contributed by atoms with Crippen molar-refractivity contribution < 1.29 is 18.4 Å². The van der Waals surface area contributed by atoms with Crippen LogP contribution in [-0.2, 0) is 9.59 Å². The third-order valence-electron chi connectivity index (χ3n) is 5.34. The lowest BCUT2D eigenvalue weighted by molar-refractivity contribution is -0.134. The van der Waals surface area contributed by atoms with E-state index in [1.54, 1.807) is 0 Å². The summed E-state index contributed by atoms with van der Waals surface area (Å²) in [6, 6.07) is 13.3. The Morgan fingerprint density at radius 1 is 0.893 bits per heavy atom. The van der Waals surface area contributed by atoms with Crippen molar-refractivity contribution in [2.75, 3.05) is 36.4 Å². The van der Waals surface area contributed by atoms with Crippen molar-refractivity contribution in [1.29, 1.82) is 0 Å². The number of nitrogens with one attached hydrogen (secondary N) is 1. The second-order valence-corrected chi connectivity index (χ2v) is 7.21. The number of rotatable bonds is 4. The number of carbonyl (C=O) groups is 2. The fourth-order valence-electron chi connectivity index (χ4n) is 3.62. The van der Waals surface area contributed by atoms with Gasteiger partial charge < -0.3 is 15.1 Å². The van der Waals surface area contributed by atoms with Crippen molar-refractivity contribution in [3.8, 4) is 0 Å². The minimum absolute atomic E-state index is 0.00171. The van der Waals surface area contributed by atoms with Gasteiger partial charge in [-0.25, -0.2) is 8.78 Å². The second kappa shape index (κ2) is 7.58. The van der Waals surface area contributed by atoms with Gasteiger partial charge in [-0.15, -0.1) is 0 Å². The molecule has 0 spiro atoms. The van der Waals surface area contributed by atoms with Crippen LogP contribution in [-0.4, -0.2) is 42.9 Å². The zero-order chi connectivity index (χ0) is 19.7. The Balaban J connectivity index is 1.28. The first-order valence-corrected chi connectivity index (χ1v) is 9.37. The standard InChI is InChI=1S/C21H21F2N3O2/c22-18-7-6-14(12-19(18)23)24-20(27)16-13-17(16)21(28)26-10-8-25(9-11-26)15-4-2-1-3-5-15/h1-7,12,16-17H,8-11,13H2,(H,24,27). The summed E-state index contributed by atoms with van der Waals surface area (Å²) in [5, 5.41) is 2.56. The molecule has 1 heterocycles. The summed E-state index contributed by atoms with van der Waals surface area (Å²) in [4.78, 5) is 29.0. The number of piperazine rings is 1. The van der Waals surface area contributed by atoms with Crippen LogP contribution in [0.5, 0.6) is 0 Å². The van der Waals surface area contributed by atoms with Crippen LogP contribution < -0.4 is 10.2 Å². The number of para-hydroxylation sites is 1. The van der Waals surface area contributed by atoms with Gasteiger partial charge >= 0.3 is 0 Å². The van der Waals surface area contributed by atoms with Crippen LogP contribution >= 0.6 is 0 Å². The zero-order valence-corrected chi connectivity index (χ0v) is 15.3. The van der Waals surface area contributed by atoms with Gasteiger partial charge in [-0.3, -0.25) is 9.59 Å². The maximum Gasteiger partial charge on any atom is 0.228 e. The molecule has 2 fully saturated rings. The predicted molar refractivity (Wildman–Crippen MR) is 102 cm³/mol. The normalized spacial score (nSPS) is 21.4. The van der Waals surface area contributed by atoms with E-state index in [1.807, 2.05) is 23.1 Å². The maximum atomic E-state index is 13.3. The highest BCUT2D eigenvalue weighted by Gasteiger charge is 2.49. The molecular formula is C21H21F2N3O2. The van der Waals surface area contributed by atoms with E-state index >= 15 is 0 Å². The predicted octanol–water partition coefficient (Wildman–Crippen LogP) is 2.89. The molecule has 2 aromatic carbocycles. The number of halogens is 2. The third-order valence-corrected chi connectivity index (χ3v) is 5.34. The first-order chi connectivity index (χ1) is 13.5. The van der Waals surface area contributed by atoms with E-state index in [-0.39, 0.29) is 23.4 Å². The molecule has 5 nitrogen and oxygen atoms in total. The van der Waals surface area contributed by atoms with Gasteiger partial charge in [0.2, 0.25) is 11.8 Å². The first-order valence-electron chi connectivity index (χ1n) is 9.37. The average Bonchev–Trinajstić information content (AvgIpc) is 3.52. The topological polar surface area (TPSA) is 52.7 Å². The zero-order valence-electron chi connectivity index (χ0n) is 15.3. The highest BCUT2D eigenvalue weighted by molar-refractivity contribution is 5.99. The SMILES string of the molecule is O=C(Nc1ccc(F)c(F)c1)C1CC1C(=O)N1CCN(c2ccccc2)CC1. The molecule has 146 valence electrons. The summed E-state index contributed by atoms with van der Waals surface area (Å²) in [5.41, 5.74) is 1.34. The molecule has 28 heavy (non-hydrogen) atoms. The second-order valence-electron chi connectivity index (χ2n) is 7.21. The molecule has 2 aromatic rings. The van der Waals surface area contributed by atoms with Crippen LogP contribution in [0.4, 0.5) is 20.2 Å². The first kappa shape index (κ1) is 18.4. The molecule has 2 atom stereocenters. The number of hydrogen-bond acceptors (Lipinski definition) is 3. The van der Waals surface area contributed by atoms with E-state index in [2.05, 4.69) is 22.3 Å². The fourth-order valence-corrected chi connectivity index (χ4v) is 3.62. The van der Waals surface area contributed by atoms with Crippen LogP contribution in [0, 0.1) is 23.5 Å². The van der Waals surface area contributed by atoms with Crippen molar-refractivity contribution in [2.24, 2.45) is 11.8 Å². The number of anilines is 2. The van der Waals surface area contributed by atoms with Gasteiger partial charge in [0.15, 0.2) is 11.6 Å². The number of benzene rings is 2. The lowest BCUT2D eigenvalue weighted by Crippen LogP contribution is -2.49. The van der Waals surface area contributed by atoms with E-state index in [0.29, 0.717) is 19.5 Å². The molecule has 1 aliphatic carbocycles. The molecule has 1 saturated heterocycles. The van der Waals surface area contributed by atoms with Gasteiger partial charge in [0, 0.05) is 43.6 Å². The van der Waals surface area contributed by atoms with Crippen molar-refractivity contribution in [3.63, 3.8) is 0 Å². The molecule has 4 rings (SSSR count). The average molecular weight is 385 g/mol. The molecule has 2 aliphatic rings. The Morgan fingerprint density at radius 3 is 2.29 bits per heavy atom. The summed E-state index contributed by atoms with van der Waals surface area (Å²) >= 11 is 0. The quantitative estimate of drug-likeness (QED) is 0.881. The third kappa shape index (κ3) is 3.83. The monoisotopic (exact) mass is 385 g/mol. The van der Waals surface area contributed by atoms with Crippen molar-refractivity contribution in [1.82, 2.24) is 4.90 Å². The summed E-state index contributed by atoms with van der Waals surface area (Å²) < 4.78 is 26.2. The summed E-state index contributed by atoms with van der Waals surface area (Å²) in [5.74, 6) is -3.05. The highest BCUT2D eigenvalue weighted by Crippen LogP contribution is 2.41. The van der Waals surface area contributed by atoms with Crippen molar-refractivity contribution in [3.05, 3.63) is 60.2 Å². The fraction of sp³-hybridized carbons (Fsp3) is 0.333. The Morgan fingerprint density at radius 2 is 1.61 bits per heavy atom. The van der Waals surface area contributed by atoms with E-state index in [9.17, 15) is 18.4 Å². The molecule has 1 N–H and O–H groups in total. The molecular weight excluding hydrogens is 364 g/mol. The minimum Gasteiger partial charge on any atom is -0.368 e. The molecule has 2 unspecified atom stereocenters. The lowest BCUT2D eigenvalue weighted by atomic mass is 10.2. The summed E-state index contributed by atoms with van der Waals surface area (Å²) in [6.07, 6.45) is 0.493. The van der Waals surface area contributed by atoms with Crippen LogP contribution in [0.15, 0.2) is 48.5 Å². The van der Waals surface area contributed by atoms with Gasteiger partial charge in [0.25, 0.3) is 0 Å². The summed E-state index contributed by atoms with van der Waals surface area (Å²) in [7, 11) is 0. The Bertz CT molecular complexity index is 882. The van der Waals surface area contributed by atoms with Crippen molar-refractivity contribution >= 4 is 23.2 Å². The Labute approximate surface area is 161 Å². The van der Waals surface area contributed by atoms with Crippen LogP contribution in [0.25, 0.3) is 0 Å². The van der Waals surface area contributed by atoms with Gasteiger partial charge in [-0.2, -0.15) is 0 Å². The van der Waals surface area contributed by atoms with Gasteiger partial charge in [0.1, 0.15) is 0 Å². The Kier molecular flexibility index (Phi) is 4.98. The number of nitrogens with zero attached hydrogens (tertiary/aromatic N) is 2. The highest BCUT2D eigenvalue weighted by atomic mass is 19.2. The Hall–Kier alpha value is -2.96. The molecule has 7 heteroatoms. The van der Waals surface area contributed by atoms with E-state index < -0.39 is 17.6 Å². The molecule has 0 radical (unpaired) electrons. The van der Waals surface area contributed by atoms with E-state index in [4.69, 9.17) is 0 Å². The van der Waals surface area contributed by atoms with Crippen LogP contribution in [0.1, 0.15) is 6.42 Å². The van der Waals surface area contributed by atoms with Crippen LogP contribution in [0.2, 0.25) is 0 Å². The van der Waals surface area contributed by atoms with Gasteiger partial charge in [-0.05, 0) is 30.7 Å². The smallest absolute Gasteiger partial charge is 0.228 e. The van der Waals surface area contributed by atoms with E-state index in [0.717, 1.165) is 30.9 Å². The molecule has 1 saturated carbocycles. The van der Waals surface area contributed by atoms with Crippen molar-refractivity contribution in [2.45, 2.75) is 6.42 Å². The molecule has 0 bridgehead atoms. The summed E-state index contributed by atoms with van der Waals surface area (Å²) in [6.45, 7) is 2.77. The largest absolute Gasteiger partial charge is 0.368 e. The number of carbonyl (C=O) groups excluding carboxylic acids is 2. The molecule has 2 amide bonds. The minimum atomic E-state index is -1.02. The molecule has 1 aliphatic heterocycles. The van der Waals surface area contributed by atoms with Crippen LogP contribution in [0.3, 0.4) is 0 Å². The van der Waals surface area contributed by atoms with E-state index in [1.165, 1.54) is 6.07 Å². The van der Waals surface area contributed by atoms with Gasteiger partial charge in [-0.1, -0.05) is 18.2 Å². The van der Waals surface area contributed by atoms with Gasteiger partial charge in [0.05, 0.1) is 11.8 Å². The molecule has 0 aromatic heterocycles. The number of amides is 2. The number of hydrogen-bond donors (Lipinski definition) is 1.